The molecule has 0 atom stereocenters. The molecule has 0 saturated heterocycles. The predicted molar refractivity (Wildman–Crippen MR) is 93.7 cm³/mol. The Bertz CT molecular complexity index is 617. The second kappa shape index (κ2) is 7.77. The number of hydrogen-bond donors (Lipinski definition) is 2. The minimum atomic E-state index is -0.114. The van der Waals surface area contributed by atoms with E-state index in [9.17, 15) is 4.79 Å². The average Bonchev–Trinajstić information content (AvgIpc) is 2.86. The van der Waals surface area contributed by atoms with Crippen LogP contribution >= 0.6 is 0 Å². The number of benzene rings is 1. The number of nitrogens with zero attached hydrogens (tertiary/aromatic N) is 1. The standard InChI is InChI=1S/C19H23N3O/c23-19(15-8-4-3-5-9-15)22-17-12-13-18(20-14-17)21-16-10-6-1-2-7-11-16/h3-5,8-9,12-14,16H,1-2,6-7,10-11H2,(H,20,21)(H,22,23). The van der Waals surface area contributed by atoms with Gasteiger partial charge in [0.15, 0.2) is 0 Å². The smallest absolute Gasteiger partial charge is 0.255 e. The van der Waals surface area contributed by atoms with Crippen LogP contribution in [0.5, 0.6) is 0 Å². The molecule has 0 spiro atoms. The van der Waals surface area contributed by atoms with Crippen molar-refractivity contribution in [1.82, 2.24) is 4.98 Å². The van der Waals surface area contributed by atoms with Gasteiger partial charge in [0.1, 0.15) is 5.82 Å². The fraction of sp³-hybridized carbons (Fsp3) is 0.368. The average molecular weight is 309 g/mol. The van der Waals surface area contributed by atoms with E-state index in [0.717, 1.165) is 5.82 Å². The highest BCUT2D eigenvalue weighted by atomic mass is 16.1. The Morgan fingerprint density at radius 1 is 0.957 bits per heavy atom. The van der Waals surface area contributed by atoms with Gasteiger partial charge in [-0.2, -0.15) is 0 Å². The first kappa shape index (κ1) is 15.5. The molecule has 1 saturated carbocycles. The zero-order valence-electron chi connectivity index (χ0n) is 13.3. The van der Waals surface area contributed by atoms with Crippen molar-refractivity contribution >= 4 is 17.4 Å². The van der Waals surface area contributed by atoms with Gasteiger partial charge in [0, 0.05) is 11.6 Å². The first-order chi connectivity index (χ1) is 11.3. The monoisotopic (exact) mass is 309 g/mol. The molecule has 0 bridgehead atoms. The summed E-state index contributed by atoms with van der Waals surface area (Å²) in [5, 5.41) is 6.38. The summed E-state index contributed by atoms with van der Waals surface area (Å²) in [5.74, 6) is 0.770. The number of nitrogens with one attached hydrogen (secondary N) is 2. The van der Waals surface area contributed by atoms with Gasteiger partial charge in [0.05, 0.1) is 11.9 Å². The molecule has 0 aliphatic heterocycles. The Labute approximate surface area is 137 Å². The molecule has 1 aromatic carbocycles. The second-order valence-corrected chi connectivity index (χ2v) is 6.09. The molecule has 3 rings (SSSR count). The zero-order valence-corrected chi connectivity index (χ0v) is 13.3. The summed E-state index contributed by atoms with van der Waals surface area (Å²) in [4.78, 5) is 16.5. The van der Waals surface area contributed by atoms with Crippen molar-refractivity contribution in [3.05, 3.63) is 54.2 Å². The van der Waals surface area contributed by atoms with Crippen LogP contribution in [0.3, 0.4) is 0 Å². The molecule has 1 heterocycles. The van der Waals surface area contributed by atoms with Gasteiger partial charge in [-0.3, -0.25) is 4.79 Å². The Kier molecular flexibility index (Phi) is 5.25. The van der Waals surface area contributed by atoms with E-state index in [0.29, 0.717) is 17.3 Å². The molecule has 1 amide bonds. The van der Waals surface area contributed by atoms with Crippen LogP contribution in [0, 0.1) is 0 Å². The SMILES string of the molecule is O=C(Nc1ccc(NC2CCCCCC2)nc1)c1ccccc1. The number of carbonyl (C=O) groups is 1. The van der Waals surface area contributed by atoms with Crippen molar-refractivity contribution in [2.45, 2.75) is 44.6 Å². The summed E-state index contributed by atoms with van der Waals surface area (Å²) < 4.78 is 0. The molecular weight excluding hydrogens is 286 g/mol. The number of pyridine rings is 1. The van der Waals surface area contributed by atoms with Gasteiger partial charge in [-0.1, -0.05) is 43.9 Å². The van der Waals surface area contributed by atoms with Gasteiger partial charge in [-0.15, -0.1) is 0 Å². The number of amides is 1. The molecule has 0 unspecified atom stereocenters. The van der Waals surface area contributed by atoms with Gasteiger partial charge in [-0.05, 0) is 37.1 Å². The summed E-state index contributed by atoms with van der Waals surface area (Å²) in [7, 11) is 0. The van der Waals surface area contributed by atoms with Crippen LogP contribution in [0.4, 0.5) is 11.5 Å². The van der Waals surface area contributed by atoms with E-state index >= 15 is 0 Å². The van der Waals surface area contributed by atoms with Crippen molar-refractivity contribution in [2.75, 3.05) is 10.6 Å². The van der Waals surface area contributed by atoms with Crippen molar-refractivity contribution in [3.63, 3.8) is 0 Å². The quantitative estimate of drug-likeness (QED) is 0.819. The van der Waals surface area contributed by atoms with Crippen LogP contribution in [0.1, 0.15) is 48.9 Å². The van der Waals surface area contributed by atoms with Crippen molar-refractivity contribution in [2.24, 2.45) is 0 Å². The lowest BCUT2D eigenvalue weighted by Crippen LogP contribution is -2.19. The van der Waals surface area contributed by atoms with Crippen LogP contribution in [0.25, 0.3) is 0 Å². The topological polar surface area (TPSA) is 54.0 Å². The molecule has 1 aromatic heterocycles. The lowest BCUT2D eigenvalue weighted by molar-refractivity contribution is 0.102. The van der Waals surface area contributed by atoms with Crippen molar-refractivity contribution < 1.29 is 4.79 Å². The molecule has 2 N–H and O–H groups in total. The molecule has 1 fully saturated rings. The molecule has 1 aliphatic rings. The summed E-state index contributed by atoms with van der Waals surface area (Å²) >= 11 is 0. The minimum Gasteiger partial charge on any atom is -0.367 e. The molecule has 1 aliphatic carbocycles. The highest BCUT2D eigenvalue weighted by Crippen LogP contribution is 2.21. The van der Waals surface area contributed by atoms with Crippen molar-refractivity contribution in [1.29, 1.82) is 0 Å². The van der Waals surface area contributed by atoms with Crippen molar-refractivity contribution in [3.8, 4) is 0 Å². The third-order valence-electron chi connectivity index (χ3n) is 4.26. The summed E-state index contributed by atoms with van der Waals surface area (Å²) in [5.41, 5.74) is 1.36. The fourth-order valence-corrected chi connectivity index (χ4v) is 2.98. The lowest BCUT2D eigenvalue weighted by Gasteiger charge is -2.17. The van der Waals surface area contributed by atoms with E-state index in [1.54, 1.807) is 18.3 Å². The highest BCUT2D eigenvalue weighted by molar-refractivity contribution is 6.04. The largest absolute Gasteiger partial charge is 0.367 e. The Balaban J connectivity index is 1.57. The Morgan fingerprint density at radius 3 is 2.35 bits per heavy atom. The molecule has 0 radical (unpaired) electrons. The van der Waals surface area contributed by atoms with Crippen LogP contribution in [-0.2, 0) is 0 Å². The van der Waals surface area contributed by atoms with E-state index in [-0.39, 0.29) is 5.91 Å². The summed E-state index contributed by atoms with van der Waals surface area (Å²) in [6.45, 7) is 0. The molecule has 23 heavy (non-hydrogen) atoms. The maximum absolute atomic E-state index is 12.1. The molecule has 120 valence electrons. The third-order valence-corrected chi connectivity index (χ3v) is 4.26. The van der Waals surface area contributed by atoms with Gasteiger partial charge in [-0.25, -0.2) is 4.98 Å². The van der Waals surface area contributed by atoms with Gasteiger partial charge in [0.25, 0.3) is 5.91 Å². The molecular formula is C19H23N3O. The first-order valence-electron chi connectivity index (χ1n) is 8.40. The third kappa shape index (κ3) is 4.55. The highest BCUT2D eigenvalue weighted by Gasteiger charge is 2.12. The Hall–Kier alpha value is -2.36. The minimum absolute atomic E-state index is 0.114. The van der Waals surface area contributed by atoms with E-state index in [1.807, 2.05) is 30.3 Å². The number of hydrogen-bond acceptors (Lipinski definition) is 3. The Morgan fingerprint density at radius 2 is 1.70 bits per heavy atom. The van der Waals surface area contributed by atoms with Gasteiger partial charge < -0.3 is 10.6 Å². The van der Waals surface area contributed by atoms with Crippen LogP contribution in [-0.4, -0.2) is 16.9 Å². The number of rotatable bonds is 4. The predicted octanol–water partition coefficient (Wildman–Crippen LogP) is 4.47. The fourth-order valence-electron chi connectivity index (χ4n) is 2.98. The maximum atomic E-state index is 12.1. The molecule has 4 heteroatoms. The second-order valence-electron chi connectivity index (χ2n) is 6.09. The number of carbonyl (C=O) groups excluding carboxylic acids is 1. The first-order valence-corrected chi connectivity index (χ1v) is 8.40. The van der Waals surface area contributed by atoms with Crippen LogP contribution in [0.2, 0.25) is 0 Å². The number of aromatic nitrogens is 1. The van der Waals surface area contributed by atoms with E-state index in [1.165, 1.54) is 38.5 Å². The van der Waals surface area contributed by atoms with Crippen LogP contribution in [0.15, 0.2) is 48.7 Å². The molecule has 2 aromatic rings. The summed E-state index contributed by atoms with van der Waals surface area (Å²) in [6.07, 6.45) is 9.42. The summed E-state index contributed by atoms with van der Waals surface area (Å²) in [6, 6.07) is 13.6. The van der Waals surface area contributed by atoms with Gasteiger partial charge >= 0.3 is 0 Å². The normalized spacial score (nSPS) is 15.7. The van der Waals surface area contributed by atoms with Crippen LogP contribution < -0.4 is 10.6 Å². The molecule has 4 nitrogen and oxygen atoms in total. The van der Waals surface area contributed by atoms with E-state index in [4.69, 9.17) is 0 Å². The van der Waals surface area contributed by atoms with Gasteiger partial charge in [0.2, 0.25) is 0 Å². The van der Waals surface area contributed by atoms with E-state index < -0.39 is 0 Å². The lowest BCUT2D eigenvalue weighted by atomic mass is 10.1. The zero-order chi connectivity index (χ0) is 15.9. The number of anilines is 2. The van der Waals surface area contributed by atoms with E-state index in [2.05, 4.69) is 15.6 Å². The maximum Gasteiger partial charge on any atom is 0.255 e.